The molecule has 10 heteroatoms. The molecule has 3 aromatic rings. The number of para-hydroxylation sites is 2. The van der Waals surface area contributed by atoms with Crippen LogP contribution in [0.1, 0.15) is 37.8 Å². The lowest BCUT2D eigenvalue weighted by Gasteiger charge is -2.32. The van der Waals surface area contributed by atoms with Crippen LogP contribution >= 0.6 is 0 Å². The van der Waals surface area contributed by atoms with E-state index in [2.05, 4.69) is 5.32 Å². The highest BCUT2D eigenvalue weighted by Crippen LogP contribution is 2.32. The van der Waals surface area contributed by atoms with Gasteiger partial charge in [-0.3, -0.25) is 13.9 Å². The summed E-state index contributed by atoms with van der Waals surface area (Å²) in [5.41, 5.74) is 1.85. The SMILES string of the molecule is CCCCNC(=O)[C@@H](C)N(Cc1cccc(OC)c1)C(=O)CN(c1ccccc1OC)S(=O)(=O)c1ccc(C)cc1. The molecule has 0 aromatic heterocycles. The maximum Gasteiger partial charge on any atom is 0.264 e. The number of hydrogen-bond donors (Lipinski definition) is 1. The Morgan fingerprint density at radius 3 is 2.32 bits per heavy atom. The van der Waals surface area contributed by atoms with E-state index in [9.17, 15) is 18.0 Å². The van der Waals surface area contributed by atoms with Gasteiger partial charge in [0.25, 0.3) is 10.0 Å². The molecule has 0 bridgehead atoms. The molecule has 0 aliphatic carbocycles. The van der Waals surface area contributed by atoms with Gasteiger partial charge in [0.1, 0.15) is 24.1 Å². The van der Waals surface area contributed by atoms with Gasteiger partial charge in [-0.25, -0.2) is 8.42 Å². The largest absolute Gasteiger partial charge is 0.497 e. The van der Waals surface area contributed by atoms with Crippen molar-refractivity contribution in [2.75, 3.05) is 31.6 Å². The molecule has 1 atom stereocenters. The third kappa shape index (κ3) is 8.00. The summed E-state index contributed by atoms with van der Waals surface area (Å²) in [7, 11) is -1.21. The number of nitrogens with one attached hydrogen (secondary N) is 1. The Bertz CT molecular complexity index is 1430. The first kappa shape index (κ1) is 31.5. The molecule has 0 saturated carbocycles. The van der Waals surface area contributed by atoms with E-state index in [0.717, 1.165) is 28.3 Å². The second-order valence-electron chi connectivity index (χ2n) is 9.69. The Morgan fingerprint density at radius 2 is 1.66 bits per heavy atom. The molecular formula is C31H39N3O6S. The van der Waals surface area contributed by atoms with E-state index in [1.165, 1.54) is 24.1 Å². The number of methoxy groups -OCH3 is 2. The van der Waals surface area contributed by atoms with E-state index in [-0.39, 0.29) is 23.0 Å². The quantitative estimate of drug-likeness (QED) is 0.280. The van der Waals surface area contributed by atoms with E-state index in [4.69, 9.17) is 9.47 Å². The summed E-state index contributed by atoms with van der Waals surface area (Å²) in [4.78, 5) is 28.6. The number of hydrogen-bond acceptors (Lipinski definition) is 6. The number of aryl methyl sites for hydroxylation is 1. The van der Waals surface area contributed by atoms with Crippen LogP contribution in [0.15, 0.2) is 77.7 Å². The Labute approximate surface area is 243 Å². The van der Waals surface area contributed by atoms with E-state index in [1.807, 2.05) is 19.9 Å². The van der Waals surface area contributed by atoms with Crippen LogP contribution in [0.2, 0.25) is 0 Å². The van der Waals surface area contributed by atoms with Crippen LogP contribution < -0.4 is 19.1 Å². The molecule has 0 aliphatic rings. The zero-order valence-corrected chi connectivity index (χ0v) is 25.1. The first-order valence-electron chi connectivity index (χ1n) is 13.5. The highest BCUT2D eigenvalue weighted by atomic mass is 32.2. The number of rotatable bonds is 14. The summed E-state index contributed by atoms with van der Waals surface area (Å²) in [5, 5.41) is 2.88. The van der Waals surface area contributed by atoms with Crippen LogP contribution in [0.4, 0.5) is 5.69 Å². The molecule has 0 unspecified atom stereocenters. The standard InChI is InChI=1S/C31H39N3O6S/c1-6-7-19-32-31(36)24(3)33(21-25-11-10-12-26(20-25)39-4)30(35)22-34(28-13-8-9-14-29(28)40-5)41(37,38)27-17-15-23(2)16-18-27/h8-18,20,24H,6-7,19,21-22H2,1-5H3,(H,32,36)/t24-/m1/s1. The Balaban J connectivity index is 2.04. The monoisotopic (exact) mass is 581 g/mol. The summed E-state index contributed by atoms with van der Waals surface area (Å²) in [6, 6.07) is 19.4. The molecule has 0 saturated heterocycles. The molecule has 0 spiro atoms. The van der Waals surface area contributed by atoms with Gasteiger partial charge in [-0.2, -0.15) is 0 Å². The minimum absolute atomic E-state index is 0.0338. The van der Waals surface area contributed by atoms with Crippen molar-refractivity contribution in [3.05, 3.63) is 83.9 Å². The fourth-order valence-electron chi connectivity index (χ4n) is 4.27. The second kappa shape index (κ2) is 14.5. The van der Waals surface area contributed by atoms with Gasteiger partial charge in [-0.1, -0.05) is 55.3 Å². The first-order chi connectivity index (χ1) is 19.6. The van der Waals surface area contributed by atoms with Crippen molar-refractivity contribution >= 4 is 27.5 Å². The number of nitrogens with zero attached hydrogens (tertiary/aromatic N) is 2. The Kier molecular flexibility index (Phi) is 11.2. The fraction of sp³-hybridized carbons (Fsp3) is 0.355. The third-order valence-corrected chi connectivity index (χ3v) is 8.50. The molecular weight excluding hydrogens is 542 g/mol. The topological polar surface area (TPSA) is 105 Å². The molecule has 3 rings (SSSR count). The van der Waals surface area contributed by atoms with Gasteiger partial charge >= 0.3 is 0 Å². The minimum atomic E-state index is -4.19. The number of benzene rings is 3. The van der Waals surface area contributed by atoms with E-state index in [1.54, 1.807) is 68.6 Å². The van der Waals surface area contributed by atoms with Gasteiger partial charge in [0.2, 0.25) is 11.8 Å². The van der Waals surface area contributed by atoms with Gasteiger partial charge < -0.3 is 19.7 Å². The summed E-state index contributed by atoms with van der Waals surface area (Å²) >= 11 is 0. The number of anilines is 1. The predicted molar refractivity (Wildman–Crippen MR) is 160 cm³/mol. The van der Waals surface area contributed by atoms with Crippen molar-refractivity contribution in [2.45, 2.75) is 51.1 Å². The summed E-state index contributed by atoms with van der Waals surface area (Å²) in [6.45, 7) is 5.53. The van der Waals surface area contributed by atoms with Crippen molar-refractivity contribution in [1.82, 2.24) is 10.2 Å². The van der Waals surface area contributed by atoms with Crippen LogP contribution in [0, 0.1) is 6.92 Å². The molecule has 41 heavy (non-hydrogen) atoms. The van der Waals surface area contributed by atoms with Gasteiger partial charge in [0, 0.05) is 13.1 Å². The van der Waals surface area contributed by atoms with Crippen LogP contribution in [0.25, 0.3) is 0 Å². The Hall–Kier alpha value is -4.05. The molecule has 0 radical (unpaired) electrons. The highest BCUT2D eigenvalue weighted by Gasteiger charge is 2.33. The first-order valence-corrected chi connectivity index (χ1v) is 15.0. The fourth-order valence-corrected chi connectivity index (χ4v) is 5.70. The predicted octanol–water partition coefficient (Wildman–Crippen LogP) is 4.54. The molecule has 0 fully saturated rings. The minimum Gasteiger partial charge on any atom is -0.497 e. The van der Waals surface area contributed by atoms with Gasteiger partial charge in [0.15, 0.2) is 0 Å². The molecule has 9 nitrogen and oxygen atoms in total. The third-order valence-electron chi connectivity index (χ3n) is 6.73. The maximum atomic E-state index is 14.1. The van der Waals surface area contributed by atoms with Gasteiger partial charge in [-0.05, 0) is 62.2 Å². The average Bonchev–Trinajstić information content (AvgIpc) is 2.98. The van der Waals surface area contributed by atoms with Crippen molar-refractivity contribution < 1.29 is 27.5 Å². The molecule has 1 N–H and O–H groups in total. The smallest absolute Gasteiger partial charge is 0.264 e. The summed E-state index contributed by atoms with van der Waals surface area (Å²) < 4.78 is 39.8. The van der Waals surface area contributed by atoms with E-state index in [0.29, 0.717) is 18.0 Å². The van der Waals surface area contributed by atoms with Gasteiger partial charge in [0.05, 0.1) is 24.8 Å². The van der Waals surface area contributed by atoms with Crippen LogP contribution in [-0.2, 0) is 26.2 Å². The van der Waals surface area contributed by atoms with E-state index < -0.39 is 28.5 Å². The molecule has 3 aromatic carbocycles. The second-order valence-corrected chi connectivity index (χ2v) is 11.6. The number of ether oxygens (including phenoxy) is 2. The number of carbonyl (C=O) groups excluding carboxylic acids is 2. The lowest BCUT2D eigenvalue weighted by atomic mass is 10.1. The molecule has 2 amide bonds. The Morgan fingerprint density at radius 1 is 0.951 bits per heavy atom. The normalized spacial score (nSPS) is 11.8. The highest BCUT2D eigenvalue weighted by molar-refractivity contribution is 7.92. The summed E-state index contributed by atoms with van der Waals surface area (Å²) in [5.74, 6) is 0.0284. The van der Waals surface area contributed by atoms with Crippen molar-refractivity contribution in [1.29, 1.82) is 0 Å². The van der Waals surface area contributed by atoms with Crippen molar-refractivity contribution in [3.63, 3.8) is 0 Å². The number of sulfonamides is 1. The van der Waals surface area contributed by atoms with Crippen LogP contribution in [-0.4, -0.2) is 58.5 Å². The van der Waals surface area contributed by atoms with Gasteiger partial charge in [-0.15, -0.1) is 0 Å². The molecule has 0 aliphatic heterocycles. The zero-order chi connectivity index (χ0) is 30.0. The van der Waals surface area contributed by atoms with Crippen molar-refractivity contribution in [3.8, 4) is 11.5 Å². The van der Waals surface area contributed by atoms with Crippen LogP contribution in [0.3, 0.4) is 0 Å². The maximum absolute atomic E-state index is 14.1. The molecule has 220 valence electrons. The zero-order valence-electron chi connectivity index (χ0n) is 24.3. The van der Waals surface area contributed by atoms with Crippen LogP contribution in [0.5, 0.6) is 11.5 Å². The lowest BCUT2D eigenvalue weighted by molar-refractivity contribution is -0.139. The summed E-state index contributed by atoms with van der Waals surface area (Å²) in [6.07, 6.45) is 1.71. The molecule has 0 heterocycles. The van der Waals surface area contributed by atoms with E-state index >= 15 is 0 Å². The van der Waals surface area contributed by atoms with Crippen molar-refractivity contribution in [2.24, 2.45) is 0 Å². The number of unbranched alkanes of at least 4 members (excludes halogenated alkanes) is 1. The number of carbonyl (C=O) groups is 2. The number of amides is 2. The lowest BCUT2D eigenvalue weighted by Crippen LogP contribution is -2.51. The average molecular weight is 582 g/mol.